The van der Waals surface area contributed by atoms with Crippen LogP contribution < -0.4 is 5.32 Å². The van der Waals surface area contributed by atoms with Crippen molar-refractivity contribution >= 4 is 17.7 Å². The summed E-state index contributed by atoms with van der Waals surface area (Å²) < 4.78 is 18.7. The van der Waals surface area contributed by atoms with E-state index in [4.69, 9.17) is 4.74 Å². The number of rotatable bonds is 5. The van der Waals surface area contributed by atoms with Gasteiger partial charge in [0.25, 0.3) is 17.7 Å². The maximum atomic E-state index is 13.2. The first-order valence-corrected chi connectivity index (χ1v) is 9.17. The summed E-state index contributed by atoms with van der Waals surface area (Å²) >= 11 is 0. The van der Waals surface area contributed by atoms with Gasteiger partial charge >= 0.3 is 0 Å². The Labute approximate surface area is 161 Å². The molecule has 7 heteroatoms. The van der Waals surface area contributed by atoms with Crippen LogP contribution in [0.1, 0.15) is 49.5 Å². The minimum absolute atomic E-state index is 0.128. The molecule has 2 aliphatic rings. The standard InChI is InChI=1S/C21H19FN2O4/c22-15-4-1-3-13(9-15)11-23-19(25)14-6-7-17-18(10-14)21(27)24(20(17)26)12-16-5-2-8-28-16/h1,3-4,6-7,9-10,16H,2,5,8,11-12H2,(H,23,25). The van der Waals surface area contributed by atoms with Crippen molar-refractivity contribution < 1.29 is 23.5 Å². The Morgan fingerprint density at radius 1 is 1.14 bits per heavy atom. The zero-order chi connectivity index (χ0) is 19.7. The third-order valence-electron chi connectivity index (χ3n) is 4.99. The second-order valence-corrected chi connectivity index (χ2v) is 6.93. The van der Waals surface area contributed by atoms with E-state index in [1.807, 2.05) is 0 Å². The van der Waals surface area contributed by atoms with E-state index in [0.29, 0.717) is 17.7 Å². The summed E-state index contributed by atoms with van der Waals surface area (Å²) in [6, 6.07) is 10.4. The first-order chi connectivity index (χ1) is 13.5. The Kier molecular flexibility index (Phi) is 4.92. The monoisotopic (exact) mass is 382 g/mol. The zero-order valence-electron chi connectivity index (χ0n) is 15.1. The van der Waals surface area contributed by atoms with Crippen molar-refractivity contribution in [3.8, 4) is 0 Å². The molecule has 2 heterocycles. The lowest BCUT2D eigenvalue weighted by Gasteiger charge is -2.17. The minimum atomic E-state index is -0.407. The van der Waals surface area contributed by atoms with Crippen LogP contribution in [0, 0.1) is 5.82 Å². The van der Waals surface area contributed by atoms with Crippen molar-refractivity contribution in [2.75, 3.05) is 13.2 Å². The average molecular weight is 382 g/mol. The number of hydrogen-bond donors (Lipinski definition) is 1. The molecule has 0 saturated carbocycles. The molecule has 0 radical (unpaired) electrons. The molecule has 0 aromatic heterocycles. The Hall–Kier alpha value is -3.06. The minimum Gasteiger partial charge on any atom is -0.376 e. The fourth-order valence-electron chi connectivity index (χ4n) is 3.52. The number of hydrogen-bond acceptors (Lipinski definition) is 4. The molecule has 0 bridgehead atoms. The van der Waals surface area contributed by atoms with Gasteiger partial charge in [-0.25, -0.2) is 4.39 Å². The highest BCUT2D eigenvalue weighted by Crippen LogP contribution is 2.26. The third kappa shape index (κ3) is 3.53. The highest BCUT2D eigenvalue weighted by molar-refractivity contribution is 6.22. The van der Waals surface area contributed by atoms with Gasteiger partial charge in [-0.3, -0.25) is 19.3 Å². The number of carbonyl (C=O) groups is 3. The molecule has 0 aliphatic carbocycles. The smallest absolute Gasteiger partial charge is 0.261 e. The van der Waals surface area contributed by atoms with Gasteiger partial charge in [0.05, 0.1) is 23.8 Å². The fourth-order valence-corrected chi connectivity index (χ4v) is 3.52. The van der Waals surface area contributed by atoms with Crippen molar-refractivity contribution in [2.24, 2.45) is 0 Å². The summed E-state index contributed by atoms with van der Waals surface area (Å²) in [5, 5.41) is 2.69. The first kappa shape index (κ1) is 18.3. The Balaban J connectivity index is 1.47. The lowest BCUT2D eigenvalue weighted by atomic mass is 10.1. The molecule has 3 amide bonds. The van der Waals surface area contributed by atoms with Crippen LogP contribution in [0.15, 0.2) is 42.5 Å². The molecule has 144 valence electrons. The summed E-state index contributed by atoms with van der Waals surface area (Å²) in [7, 11) is 0. The molecular weight excluding hydrogens is 363 g/mol. The van der Waals surface area contributed by atoms with Crippen LogP contribution >= 0.6 is 0 Å². The van der Waals surface area contributed by atoms with E-state index in [9.17, 15) is 18.8 Å². The molecule has 4 rings (SSSR count). The molecule has 1 unspecified atom stereocenters. The predicted molar refractivity (Wildman–Crippen MR) is 98.4 cm³/mol. The van der Waals surface area contributed by atoms with E-state index in [-0.39, 0.29) is 42.0 Å². The number of nitrogens with one attached hydrogen (secondary N) is 1. The van der Waals surface area contributed by atoms with Crippen LogP contribution in [-0.4, -0.2) is 41.9 Å². The van der Waals surface area contributed by atoms with Gasteiger partial charge in [-0.15, -0.1) is 0 Å². The van der Waals surface area contributed by atoms with Gasteiger partial charge in [0.15, 0.2) is 0 Å². The molecule has 1 atom stereocenters. The van der Waals surface area contributed by atoms with Crippen LogP contribution in [0.2, 0.25) is 0 Å². The lowest BCUT2D eigenvalue weighted by Crippen LogP contribution is -2.36. The quantitative estimate of drug-likeness (QED) is 0.807. The number of amides is 3. The van der Waals surface area contributed by atoms with Gasteiger partial charge < -0.3 is 10.1 Å². The molecule has 28 heavy (non-hydrogen) atoms. The van der Waals surface area contributed by atoms with Crippen LogP contribution in [-0.2, 0) is 11.3 Å². The molecule has 0 spiro atoms. The van der Waals surface area contributed by atoms with E-state index in [1.54, 1.807) is 12.1 Å². The first-order valence-electron chi connectivity index (χ1n) is 9.17. The number of nitrogens with zero attached hydrogens (tertiary/aromatic N) is 1. The van der Waals surface area contributed by atoms with Gasteiger partial charge in [0.2, 0.25) is 0 Å². The van der Waals surface area contributed by atoms with E-state index in [0.717, 1.165) is 12.8 Å². The average Bonchev–Trinajstić information content (AvgIpc) is 3.29. The summed E-state index contributed by atoms with van der Waals surface area (Å²) in [6.07, 6.45) is 1.61. The molecule has 1 fully saturated rings. The van der Waals surface area contributed by atoms with Gasteiger partial charge in [0.1, 0.15) is 5.82 Å². The van der Waals surface area contributed by atoms with Crippen molar-refractivity contribution in [1.82, 2.24) is 10.2 Å². The van der Waals surface area contributed by atoms with Crippen molar-refractivity contribution in [3.05, 3.63) is 70.5 Å². The summed E-state index contributed by atoms with van der Waals surface area (Å²) in [5.74, 6) is -1.54. The Bertz CT molecular complexity index is 953. The zero-order valence-corrected chi connectivity index (χ0v) is 15.1. The van der Waals surface area contributed by atoms with E-state index >= 15 is 0 Å². The number of imide groups is 1. The van der Waals surface area contributed by atoms with E-state index in [2.05, 4.69) is 5.32 Å². The number of fused-ring (bicyclic) bond motifs is 1. The molecule has 6 nitrogen and oxygen atoms in total. The SMILES string of the molecule is O=C(NCc1cccc(F)c1)c1ccc2c(c1)C(=O)N(CC1CCCO1)C2=O. The van der Waals surface area contributed by atoms with Crippen LogP contribution in [0.4, 0.5) is 4.39 Å². The summed E-state index contributed by atoms with van der Waals surface area (Å²) in [6.45, 7) is 1.03. The molecule has 1 saturated heterocycles. The van der Waals surface area contributed by atoms with Crippen LogP contribution in [0.5, 0.6) is 0 Å². The highest BCUT2D eigenvalue weighted by atomic mass is 19.1. The van der Waals surface area contributed by atoms with E-state index < -0.39 is 11.8 Å². The van der Waals surface area contributed by atoms with Gasteiger partial charge in [-0.1, -0.05) is 12.1 Å². The maximum Gasteiger partial charge on any atom is 0.261 e. The van der Waals surface area contributed by atoms with Crippen molar-refractivity contribution in [1.29, 1.82) is 0 Å². The highest BCUT2D eigenvalue weighted by Gasteiger charge is 2.37. The Morgan fingerprint density at radius 3 is 2.71 bits per heavy atom. The largest absolute Gasteiger partial charge is 0.376 e. The number of halogens is 1. The summed E-state index contributed by atoms with van der Waals surface area (Å²) in [4.78, 5) is 38.8. The van der Waals surface area contributed by atoms with Crippen molar-refractivity contribution in [2.45, 2.75) is 25.5 Å². The molecule has 2 aromatic carbocycles. The van der Waals surface area contributed by atoms with Gasteiger partial charge in [-0.2, -0.15) is 0 Å². The molecular formula is C21H19FN2O4. The number of ether oxygens (including phenoxy) is 1. The number of carbonyl (C=O) groups excluding carboxylic acids is 3. The normalized spacial score (nSPS) is 18.5. The molecule has 2 aromatic rings. The predicted octanol–water partition coefficient (Wildman–Crippen LogP) is 2.53. The summed E-state index contributed by atoms with van der Waals surface area (Å²) in [5.41, 5.74) is 1.42. The third-order valence-corrected chi connectivity index (χ3v) is 4.99. The lowest BCUT2D eigenvalue weighted by molar-refractivity contribution is 0.0475. The second-order valence-electron chi connectivity index (χ2n) is 6.93. The second kappa shape index (κ2) is 7.52. The fraction of sp³-hybridized carbons (Fsp3) is 0.286. The van der Waals surface area contributed by atoms with E-state index in [1.165, 1.54) is 35.2 Å². The molecule has 2 aliphatic heterocycles. The molecule has 1 N–H and O–H groups in total. The topological polar surface area (TPSA) is 75.7 Å². The van der Waals surface area contributed by atoms with Crippen LogP contribution in [0.25, 0.3) is 0 Å². The maximum absolute atomic E-state index is 13.2. The van der Waals surface area contributed by atoms with Gasteiger partial charge in [0, 0.05) is 18.7 Å². The van der Waals surface area contributed by atoms with Gasteiger partial charge in [-0.05, 0) is 48.7 Å². The van der Waals surface area contributed by atoms with Crippen molar-refractivity contribution in [3.63, 3.8) is 0 Å². The van der Waals surface area contributed by atoms with Crippen LogP contribution in [0.3, 0.4) is 0 Å². The number of benzene rings is 2. The Morgan fingerprint density at radius 2 is 1.96 bits per heavy atom.